The first-order valence-corrected chi connectivity index (χ1v) is 3.78. The van der Waals surface area contributed by atoms with Crippen molar-refractivity contribution in [2.45, 2.75) is 26.3 Å². The molecule has 5 nitrogen and oxygen atoms in total. The first-order valence-electron chi connectivity index (χ1n) is 3.78. The van der Waals surface area contributed by atoms with Gasteiger partial charge in [0.05, 0.1) is 0 Å². The normalized spacial score (nSPS) is 12.6. The SMILES string of the molecule is CC(C)CC(NC(N)=O)C(N)=O. The summed E-state index contributed by atoms with van der Waals surface area (Å²) < 4.78 is 0. The number of hydrogen-bond acceptors (Lipinski definition) is 2. The summed E-state index contributed by atoms with van der Waals surface area (Å²) in [5, 5.41) is 2.27. The van der Waals surface area contributed by atoms with E-state index in [1.165, 1.54) is 0 Å². The fourth-order valence-electron chi connectivity index (χ4n) is 0.889. The molecule has 0 bridgehead atoms. The van der Waals surface area contributed by atoms with E-state index < -0.39 is 18.0 Å². The molecule has 0 saturated carbocycles. The number of primary amides is 2. The number of rotatable bonds is 4. The third kappa shape index (κ3) is 4.54. The van der Waals surface area contributed by atoms with Crippen molar-refractivity contribution < 1.29 is 9.59 Å². The smallest absolute Gasteiger partial charge is 0.312 e. The van der Waals surface area contributed by atoms with Crippen LogP contribution >= 0.6 is 0 Å². The third-order valence-corrected chi connectivity index (χ3v) is 1.37. The Bertz CT molecular complexity index is 179. The van der Waals surface area contributed by atoms with Crippen molar-refractivity contribution in [1.29, 1.82) is 0 Å². The Labute approximate surface area is 71.5 Å². The number of nitrogens with one attached hydrogen (secondary N) is 1. The molecule has 0 aliphatic rings. The van der Waals surface area contributed by atoms with Gasteiger partial charge in [-0.1, -0.05) is 13.8 Å². The minimum absolute atomic E-state index is 0.286. The molecule has 0 aromatic rings. The lowest BCUT2D eigenvalue weighted by atomic mass is 10.0. The van der Waals surface area contributed by atoms with E-state index >= 15 is 0 Å². The van der Waals surface area contributed by atoms with Gasteiger partial charge < -0.3 is 16.8 Å². The van der Waals surface area contributed by atoms with Crippen molar-refractivity contribution in [2.75, 3.05) is 0 Å². The molecule has 0 spiro atoms. The molecule has 1 atom stereocenters. The van der Waals surface area contributed by atoms with Crippen LogP contribution in [-0.4, -0.2) is 18.0 Å². The zero-order valence-electron chi connectivity index (χ0n) is 7.33. The summed E-state index contributed by atoms with van der Waals surface area (Å²) in [7, 11) is 0. The van der Waals surface area contributed by atoms with Crippen LogP contribution in [0.5, 0.6) is 0 Å². The maximum absolute atomic E-state index is 10.7. The van der Waals surface area contributed by atoms with Gasteiger partial charge in [-0.25, -0.2) is 4.79 Å². The zero-order valence-corrected chi connectivity index (χ0v) is 7.33. The fourth-order valence-corrected chi connectivity index (χ4v) is 0.889. The van der Waals surface area contributed by atoms with E-state index in [0.717, 1.165) is 0 Å². The molecular weight excluding hydrogens is 158 g/mol. The molecule has 0 aliphatic heterocycles. The lowest BCUT2D eigenvalue weighted by Gasteiger charge is -2.15. The standard InChI is InChI=1S/C7H15N3O2/c1-4(2)3-5(6(8)11)10-7(9)12/h4-5H,3H2,1-2H3,(H2,8,11)(H3,9,10,12). The van der Waals surface area contributed by atoms with E-state index in [-0.39, 0.29) is 5.92 Å². The van der Waals surface area contributed by atoms with Crippen molar-refractivity contribution >= 4 is 11.9 Å². The first kappa shape index (κ1) is 10.7. The highest BCUT2D eigenvalue weighted by Crippen LogP contribution is 2.03. The number of nitrogens with two attached hydrogens (primary N) is 2. The van der Waals surface area contributed by atoms with E-state index in [2.05, 4.69) is 5.32 Å². The van der Waals surface area contributed by atoms with E-state index in [1.807, 2.05) is 13.8 Å². The second-order valence-corrected chi connectivity index (χ2v) is 3.09. The molecular formula is C7H15N3O2. The van der Waals surface area contributed by atoms with Crippen LogP contribution in [-0.2, 0) is 4.79 Å². The first-order chi connectivity index (χ1) is 5.43. The summed E-state index contributed by atoms with van der Waals surface area (Å²) in [5.41, 5.74) is 9.87. The molecule has 0 heterocycles. The minimum atomic E-state index is -0.723. The Hall–Kier alpha value is -1.26. The van der Waals surface area contributed by atoms with E-state index in [9.17, 15) is 9.59 Å². The Morgan fingerprint density at radius 3 is 2.08 bits per heavy atom. The molecule has 0 aromatic carbocycles. The topological polar surface area (TPSA) is 98.2 Å². The summed E-state index contributed by atoms with van der Waals surface area (Å²) in [6.07, 6.45) is 0.512. The van der Waals surface area contributed by atoms with Gasteiger partial charge in [-0.15, -0.1) is 0 Å². The predicted molar refractivity (Wildman–Crippen MR) is 45.2 cm³/mol. The van der Waals surface area contributed by atoms with Gasteiger partial charge in [-0.2, -0.15) is 0 Å². The molecule has 5 N–H and O–H groups in total. The van der Waals surface area contributed by atoms with Crippen LogP contribution < -0.4 is 16.8 Å². The maximum atomic E-state index is 10.7. The molecule has 12 heavy (non-hydrogen) atoms. The van der Waals surface area contributed by atoms with Gasteiger partial charge in [0.2, 0.25) is 5.91 Å². The number of hydrogen-bond donors (Lipinski definition) is 3. The lowest BCUT2D eigenvalue weighted by molar-refractivity contribution is -0.120. The van der Waals surface area contributed by atoms with Crippen LogP contribution in [0, 0.1) is 5.92 Å². The monoisotopic (exact) mass is 173 g/mol. The highest BCUT2D eigenvalue weighted by atomic mass is 16.2. The Kier molecular flexibility index (Phi) is 4.10. The van der Waals surface area contributed by atoms with Crippen molar-refractivity contribution in [3.63, 3.8) is 0 Å². The summed E-state index contributed by atoms with van der Waals surface area (Å²) in [6.45, 7) is 3.86. The highest BCUT2D eigenvalue weighted by molar-refractivity contribution is 5.85. The summed E-state index contributed by atoms with van der Waals surface area (Å²) >= 11 is 0. The van der Waals surface area contributed by atoms with Crippen molar-refractivity contribution in [1.82, 2.24) is 5.32 Å². The van der Waals surface area contributed by atoms with E-state index in [0.29, 0.717) is 6.42 Å². The highest BCUT2D eigenvalue weighted by Gasteiger charge is 2.17. The molecule has 0 rings (SSSR count). The fraction of sp³-hybridized carbons (Fsp3) is 0.714. The molecule has 3 amide bonds. The second kappa shape index (κ2) is 4.58. The molecule has 5 heteroatoms. The van der Waals surface area contributed by atoms with Gasteiger partial charge >= 0.3 is 6.03 Å². The number of carbonyl (C=O) groups is 2. The summed E-state index contributed by atoms with van der Waals surface area (Å²) in [5.74, 6) is -0.267. The predicted octanol–water partition coefficient (Wildman–Crippen LogP) is -0.445. The molecule has 1 unspecified atom stereocenters. The summed E-state index contributed by atoms with van der Waals surface area (Å²) in [6, 6.07) is -1.37. The van der Waals surface area contributed by atoms with Crippen LogP contribution in [0.4, 0.5) is 4.79 Å². The molecule has 0 aromatic heterocycles. The van der Waals surface area contributed by atoms with E-state index in [1.54, 1.807) is 0 Å². The quantitative estimate of drug-likeness (QED) is 0.536. The van der Waals surface area contributed by atoms with Gasteiger partial charge in [-0.3, -0.25) is 4.79 Å². The van der Waals surface area contributed by atoms with Crippen LogP contribution in [0.25, 0.3) is 0 Å². The largest absolute Gasteiger partial charge is 0.368 e. The molecule has 0 radical (unpaired) electrons. The van der Waals surface area contributed by atoms with Gasteiger partial charge in [0.15, 0.2) is 0 Å². The molecule has 70 valence electrons. The zero-order chi connectivity index (χ0) is 9.72. The van der Waals surface area contributed by atoms with Crippen LogP contribution in [0.1, 0.15) is 20.3 Å². The van der Waals surface area contributed by atoms with Gasteiger partial charge in [0, 0.05) is 0 Å². The van der Waals surface area contributed by atoms with Crippen molar-refractivity contribution in [2.24, 2.45) is 17.4 Å². The minimum Gasteiger partial charge on any atom is -0.368 e. The van der Waals surface area contributed by atoms with Gasteiger partial charge in [0.1, 0.15) is 6.04 Å². The van der Waals surface area contributed by atoms with Gasteiger partial charge in [-0.05, 0) is 12.3 Å². The third-order valence-electron chi connectivity index (χ3n) is 1.37. The number of amides is 3. The second-order valence-electron chi connectivity index (χ2n) is 3.09. The number of urea groups is 1. The Morgan fingerprint density at radius 1 is 1.33 bits per heavy atom. The van der Waals surface area contributed by atoms with Crippen molar-refractivity contribution in [3.05, 3.63) is 0 Å². The van der Waals surface area contributed by atoms with Crippen LogP contribution in [0.3, 0.4) is 0 Å². The van der Waals surface area contributed by atoms with Crippen LogP contribution in [0.15, 0.2) is 0 Å². The summed E-state index contributed by atoms with van der Waals surface area (Å²) in [4.78, 5) is 21.1. The Morgan fingerprint density at radius 2 is 1.83 bits per heavy atom. The average molecular weight is 173 g/mol. The maximum Gasteiger partial charge on any atom is 0.312 e. The Balaban J connectivity index is 4.04. The van der Waals surface area contributed by atoms with E-state index in [4.69, 9.17) is 11.5 Å². The number of carbonyl (C=O) groups excluding carboxylic acids is 2. The van der Waals surface area contributed by atoms with Gasteiger partial charge in [0.25, 0.3) is 0 Å². The van der Waals surface area contributed by atoms with Crippen molar-refractivity contribution in [3.8, 4) is 0 Å². The van der Waals surface area contributed by atoms with Crippen LogP contribution in [0.2, 0.25) is 0 Å². The molecule has 0 fully saturated rings. The average Bonchev–Trinajstić information content (AvgIpc) is 1.83. The lowest BCUT2D eigenvalue weighted by Crippen LogP contribution is -2.47. The molecule has 0 saturated heterocycles. The molecule has 0 aliphatic carbocycles.